The minimum atomic E-state index is -0.902. The van der Waals surface area contributed by atoms with Gasteiger partial charge in [-0.25, -0.2) is 4.79 Å². The molecule has 0 spiro atoms. The molecule has 0 radical (unpaired) electrons. The standard InChI is InChI=1S/C20H16Cl2N2O2S3/c1-2-17(27)24-14-8-12(22)4-6-16(14)29-19(24)9-18-23(10-20(25)26)13-7-11(21)3-5-15(13)28-18/h3-9,17H,2,10H2,1H3,(H-,25,26,27)/p+1. The van der Waals surface area contributed by atoms with Gasteiger partial charge in [0.05, 0.1) is 22.2 Å². The van der Waals surface area contributed by atoms with Crippen LogP contribution in [0.5, 0.6) is 0 Å². The van der Waals surface area contributed by atoms with Crippen molar-refractivity contribution in [1.82, 2.24) is 0 Å². The van der Waals surface area contributed by atoms with E-state index in [0.29, 0.717) is 10.0 Å². The number of thiazole rings is 1. The first-order valence-corrected chi connectivity index (χ1v) is 11.8. The molecule has 0 aliphatic carbocycles. The zero-order chi connectivity index (χ0) is 20.7. The molecule has 2 heterocycles. The second kappa shape index (κ2) is 8.40. The summed E-state index contributed by atoms with van der Waals surface area (Å²) >= 11 is 20.3. The lowest BCUT2D eigenvalue weighted by Crippen LogP contribution is -2.39. The van der Waals surface area contributed by atoms with Gasteiger partial charge in [0.1, 0.15) is 4.70 Å². The molecule has 9 heteroatoms. The number of anilines is 1. The van der Waals surface area contributed by atoms with Crippen molar-refractivity contribution in [3.63, 3.8) is 0 Å². The summed E-state index contributed by atoms with van der Waals surface area (Å²) in [5.74, 6) is -0.902. The second-order valence-electron chi connectivity index (χ2n) is 6.49. The van der Waals surface area contributed by atoms with Crippen LogP contribution >= 0.6 is 58.9 Å². The first-order chi connectivity index (χ1) is 13.9. The number of aliphatic carboxylic acids is 1. The molecule has 0 amide bonds. The van der Waals surface area contributed by atoms with E-state index in [1.54, 1.807) is 22.4 Å². The highest BCUT2D eigenvalue weighted by Gasteiger charge is 2.31. The Morgan fingerprint density at radius 1 is 1.28 bits per heavy atom. The molecular formula is C20H17Cl2N2O2S3+. The fraction of sp³-hybridized carbons (Fsp3) is 0.200. The number of fused-ring (bicyclic) bond motifs is 2. The van der Waals surface area contributed by atoms with Gasteiger partial charge in [-0.15, -0.1) is 0 Å². The highest BCUT2D eigenvalue weighted by atomic mass is 35.5. The average Bonchev–Trinajstić information content (AvgIpc) is 3.18. The second-order valence-corrected chi connectivity index (χ2v) is 10.1. The van der Waals surface area contributed by atoms with Gasteiger partial charge >= 0.3 is 5.97 Å². The third kappa shape index (κ3) is 4.11. The van der Waals surface area contributed by atoms with Crippen LogP contribution in [0.4, 0.5) is 5.69 Å². The maximum absolute atomic E-state index is 11.5. The van der Waals surface area contributed by atoms with E-state index in [4.69, 9.17) is 35.8 Å². The Kier molecular flexibility index (Phi) is 6.04. The van der Waals surface area contributed by atoms with Crippen LogP contribution in [0.15, 0.2) is 46.3 Å². The molecule has 3 aromatic rings. The van der Waals surface area contributed by atoms with Gasteiger partial charge in [0.15, 0.2) is 0 Å². The maximum Gasteiger partial charge on any atom is 0.370 e. The fourth-order valence-electron chi connectivity index (χ4n) is 3.22. The van der Waals surface area contributed by atoms with Crippen molar-refractivity contribution in [3.8, 4) is 0 Å². The summed E-state index contributed by atoms with van der Waals surface area (Å²) in [6, 6.07) is 11.4. The number of thioether (sulfide) groups is 1. The lowest BCUT2D eigenvalue weighted by molar-refractivity contribution is -0.657. The van der Waals surface area contributed by atoms with Crippen molar-refractivity contribution in [2.75, 3.05) is 4.90 Å². The summed E-state index contributed by atoms with van der Waals surface area (Å²) in [6.07, 6.45) is 2.86. The molecule has 1 aliphatic rings. The number of carboxylic acids is 1. The van der Waals surface area contributed by atoms with Crippen molar-refractivity contribution >= 4 is 86.9 Å². The van der Waals surface area contributed by atoms with Gasteiger partial charge in [-0.05, 0) is 36.8 Å². The summed E-state index contributed by atoms with van der Waals surface area (Å²) in [5, 5.41) is 12.5. The number of halogens is 2. The topological polar surface area (TPSA) is 44.4 Å². The lowest BCUT2D eigenvalue weighted by atomic mass is 10.2. The minimum Gasteiger partial charge on any atom is -0.477 e. The highest BCUT2D eigenvalue weighted by Crippen LogP contribution is 2.49. The van der Waals surface area contributed by atoms with E-state index in [1.165, 1.54) is 11.3 Å². The third-order valence-electron chi connectivity index (χ3n) is 4.53. The molecule has 1 aliphatic heterocycles. The SMILES string of the molecule is CCC(S)N1C(=Cc2sc3ccc(Cl)cc3[n+]2CC(=O)O)Sc2ccc(Cl)cc21. The number of rotatable bonds is 5. The maximum atomic E-state index is 11.5. The third-order valence-corrected chi connectivity index (χ3v) is 7.80. The van der Waals surface area contributed by atoms with Crippen molar-refractivity contribution in [3.05, 3.63) is 56.5 Å². The zero-order valence-corrected chi connectivity index (χ0v) is 19.3. The van der Waals surface area contributed by atoms with Crippen LogP contribution < -0.4 is 9.47 Å². The summed E-state index contributed by atoms with van der Waals surface area (Å²) in [4.78, 5) is 14.8. The molecule has 1 unspecified atom stereocenters. The number of thiol groups is 1. The largest absolute Gasteiger partial charge is 0.477 e. The number of aromatic nitrogens is 1. The Labute approximate surface area is 192 Å². The predicted octanol–water partition coefficient (Wildman–Crippen LogP) is 6.16. The van der Waals surface area contributed by atoms with Crippen LogP contribution in [-0.4, -0.2) is 16.4 Å². The van der Waals surface area contributed by atoms with Crippen molar-refractivity contribution in [2.24, 2.45) is 0 Å². The molecule has 1 atom stereocenters. The highest BCUT2D eigenvalue weighted by molar-refractivity contribution is 8.04. The number of nitrogens with zero attached hydrogens (tertiary/aromatic N) is 2. The van der Waals surface area contributed by atoms with Gasteiger partial charge in [-0.3, -0.25) is 0 Å². The van der Waals surface area contributed by atoms with E-state index < -0.39 is 5.97 Å². The van der Waals surface area contributed by atoms with E-state index in [1.807, 2.05) is 36.4 Å². The molecule has 4 rings (SSSR count). The predicted molar refractivity (Wildman–Crippen MR) is 125 cm³/mol. The van der Waals surface area contributed by atoms with Gasteiger partial charge in [0.2, 0.25) is 12.1 Å². The summed E-state index contributed by atoms with van der Waals surface area (Å²) in [7, 11) is 0. The molecule has 4 nitrogen and oxygen atoms in total. The van der Waals surface area contributed by atoms with Gasteiger partial charge in [0.25, 0.3) is 5.01 Å². The first-order valence-electron chi connectivity index (χ1n) is 8.87. The minimum absolute atomic E-state index is 0.0230. The Morgan fingerprint density at radius 3 is 2.72 bits per heavy atom. The normalized spacial score (nSPS) is 15.9. The average molecular weight is 484 g/mol. The molecule has 0 saturated carbocycles. The summed E-state index contributed by atoms with van der Waals surface area (Å²) < 4.78 is 2.77. The molecule has 0 fully saturated rings. The molecule has 1 aromatic heterocycles. The summed E-state index contributed by atoms with van der Waals surface area (Å²) in [5.41, 5.74) is 1.83. The Bertz CT molecular complexity index is 1150. The van der Waals surface area contributed by atoms with Crippen molar-refractivity contribution in [1.29, 1.82) is 0 Å². The number of hydrogen-bond donors (Lipinski definition) is 2. The number of benzene rings is 2. The van der Waals surface area contributed by atoms with Gasteiger partial charge in [-0.2, -0.15) is 17.2 Å². The van der Waals surface area contributed by atoms with E-state index in [0.717, 1.165) is 37.3 Å². The van der Waals surface area contributed by atoms with Crippen LogP contribution in [-0.2, 0) is 11.3 Å². The Morgan fingerprint density at radius 2 is 2.00 bits per heavy atom. The Balaban J connectivity index is 1.86. The van der Waals surface area contributed by atoms with Crippen molar-refractivity contribution < 1.29 is 14.5 Å². The molecule has 0 bridgehead atoms. The van der Waals surface area contributed by atoms with Gasteiger partial charge < -0.3 is 10.0 Å². The van der Waals surface area contributed by atoms with Crippen LogP contribution in [0.1, 0.15) is 18.4 Å². The molecule has 2 aromatic carbocycles. The zero-order valence-electron chi connectivity index (χ0n) is 15.3. The molecule has 1 N–H and O–H groups in total. The smallest absolute Gasteiger partial charge is 0.370 e. The molecular weight excluding hydrogens is 467 g/mol. The monoisotopic (exact) mass is 483 g/mol. The van der Waals surface area contributed by atoms with E-state index in [-0.39, 0.29) is 11.9 Å². The van der Waals surface area contributed by atoms with Gasteiger partial charge in [-0.1, -0.05) is 53.2 Å². The lowest BCUT2D eigenvalue weighted by Gasteiger charge is -2.26. The van der Waals surface area contributed by atoms with Gasteiger partial charge in [0, 0.05) is 21.0 Å². The van der Waals surface area contributed by atoms with Crippen LogP contribution in [0.2, 0.25) is 10.0 Å². The molecule has 0 saturated heterocycles. The van der Waals surface area contributed by atoms with E-state index >= 15 is 0 Å². The Hall–Kier alpha value is -1.38. The molecule has 29 heavy (non-hydrogen) atoms. The first kappa shape index (κ1) is 20.9. The number of carboxylic acid groups (broad SMARTS) is 1. The van der Waals surface area contributed by atoms with E-state index in [9.17, 15) is 9.90 Å². The van der Waals surface area contributed by atoms with Crippen LogP contribution in [0.25, 0.3) is 16.3 Å². The fourth-order valence-corrected chi connectivity index (χ4v) is 6.15. The van der Waals surface area contributed by atoms with Crippen LogP contribution in [0, 0.1) is 0 Å². The van der Waals surface area contributed by atoms with E-state index in [2.05, 4.69) is 11.8 Å². The van der Waals surface area contributed by atoms with Crippen LogP contribution in [0.3, 0.4) is 0 Å². The summed E-state index contributed by atoms with van der Waals surface area (Å²) in [6.45, 7) is 1.94. The quantitative estimate of drug-likeness (QED) is 0.337. The number of carbonyl (C=O) groups is 1. The van der Waals surface area contributed by atoms with Crippen molar-refractivity contribution in [2.45, 2.75) is 30.2 Å². The molecule has 150 valence electrons. The number of hydrogen-bond acceptors (Lipinski definition) is 5.